The van der Waals surface area contributed by atoms with Gasteiger partial charge in [-0.15, -0.1) is 0 Å². The maximum Gasteiger partial charge on any atom is 0.324 e. The number of nitrogens with zero attached hydrogens (tertiary/aromatic N) is 4. The SMILES string of the molecule is Cc1cc(CC(NC(=O)N2CCC3(C=NOc4ccccc43)CC2=O)C(=O)N2CCCCC2)cc2cn[nH]c12. The molecule has 2 atom stereocenters. The number of urea groups is 1. The number of amides is 4. The number of para-hydroxylation sites is 1. The average molecular weight is 529 g/mol. The van der Waals surface area contributed by atoms with E-state index in [0.29, 0.717) is 31.7 Å². The molecule has 39 heavy (non-hydrogen) atoms. The quantitative estimate of drug-likeness (QED) is 0.538. The Morgan fingerprint density at radius 2 is 1.97 bits per heavy atom. The first-order valence-corrected chi connectivity index (χ1v) is 13.6. The second-order valence-electron chi connectivity index (χ2n) is 10.8. The first-order chi connectivity index (χ1) is 18.9. The lowest BCUT2D eigenvalue weighted by Crippen LogP contribution is -2.57. The number of aryl methyl sites for hydroxylation is 1. The molecule has 10 nitrogen and oxygen atoms in total. The summed E-state index contributed by atoms with van der Waals surface area (Å²) in [6, 6.07) is 10.2. The number of carbonyl (C=O) groups is 3. The van der Waals surface area contributed by atoms with E-state index in [2.05, 4.69) is 20.7 Å². The minimum atomic E-state index is -0.784. The van der Waals surface area contributed by atoms with Crippen molar-refractivity contribution in [3.63, 3.8) is 0 Å². The number of H-pyrrole nitrogens is 1. The molecule has 3 aliphatic rings. The van der Waals surface area contributed by atoms with E-state index in [1.54, 1.807) is 12.4 Å². The number of imide groups is 1. The fourth-order valence-corrected chi connectivity index (χ4v) is 6.08. The normalized spacial score (nSPS) is 21.5. The fraction of sp³-hybridized carbons (Fsp3) is 0.414. The van der Waals surface area contributed by atoms with Crippen molar-refractivity contribution >= 4 is 35.0 Å². The molecule has 202 valence electrons. The van der Waals surface area contributed by atoms with Gasteiger partial charge in [-0.05, 0) is 55.9 Å². The first kappa shape index (κ1) is 25.1. The number of aromatic amines is 1. The Morgan fingerprint density at radius 3 is 2.79 bits per heavy atom. The molecule has 6 rings (SSSR count). The highest BCUT2D eigenvalue weighted by Crippen LogP contribution is 2.41. The van der Waals surface area contributed by atoms with Crippen molar-refractivity contribution in [2.45, 2.75) is 56.9 Å². The van der Waals surface area contributed by atoms with Gasteiger partial charge in [-0.1, -0.05) is 29.4 Å². The predicted octanol–water partition coefficient (Wildman–Crippen LogP) is 3.44. The predicted molar refractivity (Wildman–Crippen MR) is 145 cm³/mol. The molecule has 0 aliphatic carbocycles. The second kappa shape index (κ2) is 10.2. The second-order valence-corrected chi connectivity index (χ2v) is 10.8. The third kappa shape index (κ3) is 4.75. The maximum atomic E-state index is 13.6. The molecule has 0 bridgehead atoms. The molecule has 0 saturated carbocycles. The molecular formula is C29H32N6O4. The molecule has 0 radical (unpaired) electrons. The Morgan fingerprint density at radius 1 is 1.15 bits per heavy atom. The third-order valence-corrected chi connectivity index (χ3v) is 8.18. The number of aromatic nitrogens is 2. The molecule has 2 aromatic carbocycles. The summed E-state index contributed by atoms with van der Waals surface area (Å²) in [7, 11) is 0. The molecular weight excluding hydrogens is 496 g/mol. The highest BCUT2D eigenvalue weighted by molar-refractivity contribution is 6.00. The van der Waals surface area contributed by atoms with Crippen molar-refractivity contribution < 1.29 is 19.2 Å². The minimum absolute atomic E-state index is 0.103. The highest BCUT2D eigenvalue weighted by atomic mass is 16.6. The largest absolute Gasteiger partial charge is 0.357 e. The Labute approximate surface area is 226 Å². The zero-order valence-electron chi connectivity index (χ0n) is 22.0. The van der Waals surface area contributed by atoms with Crippen LogP contribution in [0.5, 0.6) is 5.75 Å². The molecule has 2 fully saturated rings. The summed E-state index contributed by atoms with van der Waals surface area (Å²) < 4.78 is 0. The van der Waals surface area contributed by atoms with Crippen LogP contribution in [0.1, 0.15) is 48.8 Å². The summed E-state index contributed by atoms with van der Waals surface area (Å²) in [4.78, 5) is 49.0. The van der Waals surface area contributed by atoms with Gasteiger partial charge in [0.15, 0.2) is 5.75 Å². The zero-order valence-corrected chi connectivity index (χ0v) is 22.0. The lowest BCUT2D eigenvalue weighted by Gasteiger charge is -2.40. The number of hydrogen-bond donors (Lipinski definition) is 2. The van der Waals surface area contributed by atoms with Crippen LogP contribution >= 0.6 is 0 Å². The molecule has 1 aromatic heterocycles. The summed E-state index contributed by atoms with van der Waals surface area (Å²) in [5, 5.41) is 15.0. The third-order valence-electron chi connectivity index (χ3n) is 8.18. The Kier molecular flexibility index (Phi) is 6.54. The number of carbonyl (C=O) groups excluding carboxylic acids is 3. The summed E-state index contributed by atoms with van der Waals surface area (Å²) >= 11 is 0. The molecule has 2 N–H and O–H groups in total. The van der Waals surface area contributed by atoms with Gasteiger partial charge in [0.05, 0.1) is 17.9 Å². The topological polar surface area (TPSA) is 120 Å². The fourth-order valence-electron chi connectivity index (χ4n) is 6.08. The van der Waals surface area contributed by atoms with Crippen LogP contribution in [0.2, 0.25) is 0 Å². The van der Waals surface area contributed by atoms with Crippen LogP contribution in [-0.2, 0) is 21.4 Å². The van der Waals surface area contributed by atoms with Crippen LogP contribution in [-0.4, -0.2) is 69.7 Å². The van der Waals surface area contributed by atoms with E-state index < -0.39 is 17.5 Å². The van der Waals surface area contributed by atoms with E-state index in [-0.39, 0.29) is 24.8 Å². The highest BCUT2D eigenvalue weighted by Gasteiger charge is 2.45. The van der Waals surface area contributed by atoms with Crippen molar-refractivity contribution in [1.29, 1.82) is 0 Å². The molecule has 2 unspecified atom stereocenters. The molecule has 3 aromatic rings. The number of likely N-dealkylation sites (tertiary alicyclic amines) is 2. The van der Waals surface area contributed by atoms with Gasteiger partial charge in [-0.3, -0.25) is 19.6 Å². The van der Waals surface area contributed by atoms with Crippen molar-refractivity contribution in [1.82, 2.24) is 25.3 Å². The minimum Gasteiger partial charge on any atom is -0.357 e. The van der Waals surface area contributed by atoms with E-state index in [1.807, 2.05) is 48.2 Å². The Hall–Kier alpha value is -4.21. The molecule has 2 saturated heterocycles. The van der Waals surface area contributed by atoms with Gasteiger partial charge < -0.3 is 15.1 Å². The number of hydrogen-bond acceptors (Lipinski definition) is 6. The first-order valence-electron chi connectivity index (χ1n) is 13.6. The smallest absolute Gasteiger partial charge is 0.324 e. The summed E-state index contributed by atoms with van der Waals surface area (Å²) in [6.45, 7) is 3.56. The van der Waals surface area contributed by atoms with Crippen molar-refractivity contribution in [3.8, 4) is 5.75 Å². The van der Waals surface area contributed by atoms with Crippen molar-refractivity contribution in [2.75, 3.05) is 19.6 Å². The van der Waals surface area contributed by atoms with Gasteiger partial charge in [-0.25, -0.2) is 4.79 Å². The van der Waals surface area contributed by atoms with Gasteiger partial charge in [0.1, 0.15) is 6.04 Å². The number of nitrogens with one attached hydrogen (secondary N) is 2. The van der Waals surface area contributed by atoms with Gasteiger partial charge in [0, 0.05) is 48.8 Å². The van der Waals surface area contributed by atoms with Crippen molar-refractivity contribution in [3.05, 3.63) is 59.3 Å². The number of rotatable bonds is 4. The van der Waals surface area contributed by atoms with Crippen LogP contribution in [0.4, 0.5) is 4.79 Å². The van der Waals surface area contributed by atoms with E-state index >= 15 is 0 Å². The average Bonchev–Trinajstić information content (AvgIpc) is 3.42. The zero-order chi connectivity index (χ0) is 27.0. The molecule has 1 spiro atoms. The van der Waals surface area contributed by atoms with Crippen LogP contribution in [0.3, 0.4) is 0 Å². The van der Waals surface area contributed by atoms with Crippen LogP contribution in [0.15, 0.2) is 47.8 Å². The summed E-state index contributed by atoms with van der Waals surface area (Å²) in [5.74, 6) is 0.212. The maximum absolute atomic E-state index is 13.6. The Balaban J connectivity index is 1.21. The van der Waals surface area contributed by atoms with E-state index in [9.17, 15) is 14.4 Å². The van der Waals surface area contributed by atoms with Crippen LogP contribution in [0.25, 0.3) is 10.9 Å². The number of oxime groups is 1. The number of fused-ring (bicyclic) bond motifs is 3. The summed E-state index contributed by atoms with van der Waals surface area (Å²) in [5.41, 5.74) is 3.19. The number of piperidine rings is 2. The van der Waals surface area contributed by atoms with E-state index in [1.165, 1.54) is 4.90 Å². The van der Waals surface area contributed by atoms with Gasteiger partial charge in [0.2, 0.25) is 11.8 Å². The Bertz CT molecular complexity index is 1460. The molecule has 4 amide bonds. The molecule has 4 heterocycles. The molecule has 10 heteroatoms. The van der Waals surface area contributed by atoms with E-state index in [0.717, 1.165) is 46.9 Å². The summed E-state index contributed by atoms with van der Waals surface area (Å²) in [6.07, 6.45) is 7.39. The van der Waals surface area contributed by atoms with Crippen LogP contribution in [0, 0.1) is 6.92 Å². The van der Waals surface area contributed by atoms with Crippen LogP contribution < -0.4 is 10.2 Å². The number of benzene rings is 2. The monoisotopic (exact) mass is 528 g/mol. The van der Waals surface area contributed by atoms with Gasteiger partial charge in [-0.2, -0.15) is 5.10 Å². The lowest BCUT2D eigenvalue weighted by molar-refractivity contribution is -0.135. The van der Waals surface area contributed by atoms with Gasteiger partial charge >= 0.3 is 6.03 Å². The standard InChI is InChI=1S/C29H32N6O4/c1-19-13-20(14-21-17-30-33-26(19)21)15-23(27(37)34-10-5-2-6-11-34)32-28(38)35-12-9-29(16-25(35)36)18-31-39-24-8-4-3-7-22(24)29/h3-4,7-8,13-14,17-18,23H,2,5-6,9-12,15-16H2,1H3,(H,30,33)(H,32,38). The molecule has 3 aliphatic heterocycles. The van der Waals surface area contributed by atoms with Crippen molar-refractivity contribution in [2.24, 2.45) is 5.16 Å². The van der Waals surface area contributed by atoms with E-state index in [4.69, 9.17) is 4.84 Å². The van der Waals surface area contributed by atoms with Gasteiger partial charge in [0.25, 0.3) is 0 Å². The lowest BCUT2D eigenvalue weighted by atomic mass is 9.72.